The standard InChI is InChI=1S/C25H15NO/c1-2-8-18-16(7-1)17-9-3-4-10-19(17)24-20(18)11-5-12-21(24)22-13-6-14-23-25(22)27-15-26-23/h1-15H. The number of benzene rings is 5. The van der Waals surface area contributed by atoms with E-state index >= 15 is 0 Å². The van der Waals surface area contributed by atoms with Gasteiger partial charge in [0.1, 0.15) is 5.52 Å². The van der Waals surface area contributed by atoms with Gasteiger partial charge in [0.15, 0.2) is 12.0 Å². The molecule has 0 saturated heterocycles. The Kier molecular flexibility index (Phi) is 2.91. The minimum absolute atomic E-state index is 0.835. The smallest absolute Gasteiger partial charge is 0.182 e. The van der Waals surface area contributed by atoms with Gasteiger partial charge in [0.05, 0.1) is 0 Å². The minimum Gasteiger partial charge on any atom is -0.443 e. The van der Waals surface area contributed by atoms with Crippen LogP contribution in [0.25, 0.3) is 54.5 Å². The van der Waals surface area contributed by atoms with E-state index in [9.17, 15) is 0 Å². The Morgan fingerprint density at radius 1 is 0.519 bits per heavy atom. The summed E-state index contributed by atoms with van der Waals surface area (Å²) in [5, 5.41) is 7.62. The van der Waals surface area contributed by atoms with Crippen molar-refractivity contribution in [2.24, 2.45) is 0 Å². The maximum Gasteiger partial charge on any atom is 0.182 e. The first-order chi connectivity index (χ1) is 13.4. The van der Waals surface area contributed by atoms with Crippen LogP contribution in [-0.2, 0) is 0 Å². The van der Waals surface area contributed by atoms with E-state index in [2.05, 4.69) is 77.8 Å². The van der Waals surface area contributed by atoms with Gasteiger partial charge in [-0.1, -0.05) is 78.9 Å². The quantitative estimate of drug-likeness (QED) is 0.301. The molecule has 27 heavy (non-hydrogen) atoms. The molecule has 0 unspecified atom stereocenters. The molecule has 0 radical (unpaired) electrons. The summed E-state index contributed by atoms with van der Waals surface area (Å²) in [7, 11) is 0. The molecule has 0 amide bonds. The lowest BCUT2D eigenvalue weighted by Gasteiger charge is -2.14. The van der Waals surface area contributed by atoms with Crippen LogP contribution in [0, 0.1) is 0 Å². The zero-order valence-electron chi connectivity index (χ0n) is 14.5. The second-order valence-electron chi connectivity index (χ2n) is 6.83. The van der Waals surface area contributed by atoms with Gasteiger partial charge in [-0.25, -0.2) is 4.98 Å². The summed E-state index contributed by atoms with van der Waals surface area (Å²) >= 11 is 0. The third kappa shape index (κ3) is 1.98. The highest BCUT2D eigenvalue weighted by Crippen LogP contribution is 2.41. The van der Waals surface area contributed by atoms with Crippen LogP contribution in [0.1, 0.15) is 0 Å². The summed E-state index contributed by atoms with van der Waals surface area (Å²) in [6, 6.07) is 30.0. The van der Waals surface area contributed by atoms with Crippen molar-refractivity contribution in [1.29, 1.82) is 0 Å². The molecule has 6 rings (SSSR count). The Morgan fingerprint density at radius 2 is 1.07 bits per heavy atom. The SMILES string of the molecule is c1cc(-c2cccc3c4ccccc4c4ccccc4c23)c2ocnc2c1. The van der Waals surface area contributed by atoms with E-state index in [1.807, 2.05) is 12.1 Å². The van der Waals surface area contributed by atoms with Gasteiger partial charge >= 0.3 is 0 Å². The zero-order valence-corrected chi connectivity index (χ0v) is 14.5. The molecule has 0 spiro atoms. The largest absolute Gasteiger partial charge is 0.443 e. The van der Waals surface area contributed by atoms with Crippen LogP contribution < -0.4 is 0 Å². The topological polar surface area (TPSA) is 26.0 Å². The van der Waals surface area contributed by atoms with Crippen LogP contribution in [0.2, 0.25) is 0 Å². The number of para-hydroxylation sites is 1. The van der Waals surface area contributed by atoms with Crippen molar-refractivity contribution in [1.82, 2.24) is 4.98 Å². The Bertz CT molecular complexity index is 1430. The van der Waals surface area contributed by atoms with Gasteiger partial charge in [-0.2, -0.15) is 0 Å². The van der Waals surface area contributed by atoms with Crippen LogP contribution in [0.4, 0.5) is 0 Å². The second kappa shape index (κ2) is 5.42. The average Bonchev–Trinajstić information content (AvgIpc) is 3.22. The molecular formula is C25H15NO. The lowest BCUT2D eigenvalue weighted by Crippen LogP contribution is -1.87. The molecule has 0 aliphatic rings. The monoisotopic (exact) mass is 345 g/mol. The fourth-order valence-electron chi connectivity index (χ4n) is 4.28. The molecule has 2 heteroatoms. The molecule has 0 aliphatic heterocycles. The summed E-state index contributed by atoms with van der Waals surface area (Å²) in [5.41, 5.74) is 3.98. The highest BCUT2D eigenvalue weighted by Gasteiger charge is 2.15. The highest BCUT2D eigenvalue weighted by atomic mass is 16.3. The Hall–Kier alpha value is -3.65. The Labute approximate surface area is 155 Å². The molecule has 6 aromatic rings. The summed E-state index contributed by atoms with van der Waals surface area (Å²) in [6.45, 7) is 0. The average molecular weight is 345 g/mol. The minimum atomic E-state index is 0.835. The summed E-state index contributed by atoms with van der Waals surface area (Å²) in [4.78, 5) is 4.33. The maximum absolute atomic E-state index is 5.74. The van der Waals surface area contributed by atoms with Gasteiger partial charge in [-0.3, -0.25) is 0 Å². The predicted octanol–water partition coefficient (Wildman–Crippen LogP) is 6.95. The van der Waals surface area contributed by atoms with E-state index < -0.39 is 0 Å². The first-order valence-electron chi connectivity index (χ1n) is 9.06. The van der Waals surface area contributed by atoms with Crippen LogP contribution in [0.5, 0.6) is 0 Å². The number of oxazole rings is 1. The van der Waals surface area contributed by atoms with Gasteiger partial charge in [0.25, 0.3) is 0 Å². The van der Waals surface area contributed by atoms with Crippen molar-refractivity contribution in [2.45, 2.75) is 0 Å². The number of rotatable bonds is 1. The lowest BCUT2D eigenvalue weighted by atomic mass is 9.89. The van der Waals surface area contributed by atoms with Crippen molar-refractivity contribution in [2.75, 3.05) is 0 Å². The van der Waals surface area contributed by atoms with E-state index in [4.69, 9.17) is 4.42 Å². The molecule has 0 atom stereocenters. The normalized spacial score (nSPS) is 11.7. The number of hydrogen-bond acceptors (Lipinski definition) is 2. The van der Waals surface area contributed by atoms with Crippen molar-refractivity contribution < 1.29 is 4.42 Å². The summed E-state index contributed by atoms with van der Waals surface area (Å²) in [5.74, 6) is 0. The molecule has 0 bridgehead atoms. The molecule has 126 valence electrons. The molecule has 2 nitrogen and oxygen atoms in total. The first-order valence-corrected chi connectivity index (χ1v) is 9.06. The molecule has 1 heterocycles. The molecule has 0 N–H and O–H groups in total. The van der Waals surface area contributed by atoms with Gasteiger partial charge in [-0.05, 0) is 43.9 Å². The number of nitrogens with zero attached hydrogens (tertiary/aromatic N) is 1. The van der Waals surface area contributed by atoms with E-state index in [1.165, 1.54) is 44.3 Å². The number of fused-ring (bicyclic) bond motifs is 7. The van der Waals surface area contributed by atoms with E-state index in [0.29, 0.717) is 0 Å². The third-order valence-electron chi connectivity index (χ3n) is 5.42. The fourth-order valence-corrected chi connectivity index (χ4v) is 4.28. The van der Waals surface area contributed by atoms with Crippen molar-refractivity contribution in [3.05, 3.63) is 91.3 Å². The number of aromatic nitrogens is 1. The van der Waals surface area contributed by atoms with E-state index in [1.54, 1.807) is 0 Å². The summed E-state index contributed by atoms with van der Waals surface area (Å²) < 4.78 is 5.74. The van der Waals surface area contributed by atoms with Gasteiger partial charge in [-0.15, -0.1) is 0 Å². The van der Waals surface area contributed by atoms with E-state index in [0.717, 1.165) is 16.7 Å². The van der Waals surface area contributed by atoms with Crippen molar-refractivity contribution in [3.8, 4) is 11.1 Å². The maximum atomic E-state index is 5.74. The van der Waals surface area contributed by atoms with Crippen molar-refractivity contribution in [3.63, 3.8) is 0 Å². The van der Waals surface area contributed by atoms with Crippen LogP contribution in [-0.4, -0.2) is 4.98 Å². The molecule has 0 saturated carbocycles. The zero-order chi connectivity index (χ0) is 17.8. The fraction of sp³-hybridized carbons (Fsp3) is 0. The molecule has 1 aromatic heterocycles. The first kappa shape index (κ1) is 14.5. The second-order valence-corrected chi connectivity index (χ2v) is 6.83. The van der Waals surface area contributed by atoms with Crippen molar-refractivity contribution >= 4 is 43.4 Å². The number of hydrogen-bond donors (Lipinski definition) is 0. The third-order valence-corrected chi connectivity index (χ3v) is 5.42. The molecule has 0 aliphatic carbocycles. The van der Waals surface area contributed by atoms with Gasteiger partial charge in [0, 0.05) is 5.56 Å². The van der Waals surface area contributed by atoms with Crippen LogP contribution in [0.15, 0.2) is 95.7 Å². The lowest BCUT2D eigenvalue weighted by molar-refractivity contribution is 0.603. The van der Waals surface area contributed by atoms with Crippen LogP contribution >= 0.6 is 0 Å². The predicted molar refractivity (Wildman–Crippen MR) is 112 cm³/mol. The highest BCUT2D eigenvalue weighted by molar-refractivity contribution is 6.28. The molecular weight excluding hydrogens is 330 g/mol. The van der Waals surface area contributed by atoms with E-state index in [-0.39, 0.29) is 0 Å². The Morgan fingerprint density at radius 3 is 1.81 bits per heavy atom. The summed E-state index contributed by atoms with van der Waals surface area (Å²) in [6.07, 6.45) is 1.52. The molecule has 0 fully saturated rings. The van der Waals surface area contributed by atoms with Gasteiger partial charge < -0.3 is 4.42 Å². The van der Waals surface area contributed by atoms with Crippen LogP contribution in [0.3, 0.4) is 0 Å². The molecule has 5 aromatic carbocycles. The van der Waals surface area contributed by atoms with Gasteiger partial charge in [0.2, 0.25) is 0 Å². The Balaban J connectivity index is 1.90.